The minimum absolute atomic E-state index is 0.0835. The van der Waals surface area contributed by atoms with Crippen LogP contribution >= 0.6 is 0 Å². The van der Waals surface area contributed by atoms with Gasteiger partial charge in [0.05, 0.1) is 41.4 Å². The van der Waals surface area contributed by atoms with Crippen molar-refractivity contribution < 1.29 is 38.6 Å². The van der Waals surface area contributed by atoms with E-state index in [-0.39, 0.29) is 68.6 Å². The lowest BCUT2D eigenvalue weighted by Crippen LogP contribution is -2.58. The number of hydrogen-bond donors (Lipinski definition) is 0. The Morgan fingerprint density at radius 1 is 0.307 bits per heavy atom. The van der Waals surface area contributed by atoms with Crippen LogP contribution in [0.1, 0.15) is 135 Å². The number of para-hydroxylation sites is 4. The zero-order valence-electron chi connectivity index (χ0n) is 66.6. The second-order valence-electron chi connectivity index (χ2n) is 34.3. The van der Waals surface area contributed by atoms with Gasteiger partial charge in [0.25, 0.3) is 22.7 Å². The third kappa shape index (κ3) is 11.5. The van der Waals surface area contributed by atoms with Gasteiger partial charge in [0, 0.05) is 196 Å². The molecule has 588 valence electrons. The molecule has 0 amide bonds. The van der Waals surface area contributed by atoms with Crippen LogP contribution in [0.4, 0.5) is 45.5 Å². The molecular formula is C90H96N12O12. The molecule has 24 heteroatoms. The van der Waals surface area contributed by atoms with Crippen LogP contribution in [-0.4, -0.2) is 143 Å². The molecule has 0 aliphatic carbocycles. The zero-order chi connectivity index (χ0) is 80.1. The average Bonchev–Trinajstić information content (AvgIpc) is 1.56. The molecule has 4 unspecified atom stereocenters. The first-order valence-corrected chi connectivity index (χ1v) is 39.3. The van der Waals surface area contributed by atoms with Crippen LogP contribution in [-0.2, 0) is 47.8 Å². The van der Waals surface area contributed by atoms with Crippen LogP contribution in [0, 0.1) is 40.5 Å². The number of nitro groups is 4. The van der Waals surface area contributed by atoms with Gasteiger partial charge >= 0.3 is 0 Å². The SMILES string of the molecule is CN1c2ccccc2C(C)(C)C12C=Cc1cc([N+](=O)[O-])cc(CN3CCCN(Cc4cc([N+](=O)[O-])cc5c4OC4(C=C5)N(C)c5ccccc5C4(C)C)CCN(Cc4cc([N+](=O)[O-])cc5c4OC4(C=C5)N(C)c5ccccc5C4(C)C)CCCN(Cc4cc([N+](=O)[O-])cc5c4OC4(C=C5)N(C)c5ccccc5C4(C)C)CC3)c1O2. The largest absolute Gasteiger partial charge is 0.462 e. The summed E-state index contributed by atoms with van der Waals surface area (Å²) in [4.78, 5) is 69.2. The van der Waals surface area contributed by atoms with E-state index in [4.69, 9.17) is 18.9 Å². The van der Waals surface area contributed by atoms with E-state index in [9.17, 15) is 40.5 Å². The number of non-ortho nitro benzene ring substituents is 4. The van der Waals surface area contributed by atoms with Gasteiger partial charge in [-0.25, -0.2) is 0 Å². The van der Waals surface area contributed by atoms with E-state index in [0.29, 0.717) is 133 Å². The van der Waals surface area contributed by atoms with E-state index in [2.05, 4.69) is 143 Å². The lowest BCUT2D eigenvalue weighted by molar-refractivity contribution is -0.385. The lowest BCUT2D eigenvalue weighted by atomic mass is 9.76. The number of benzene rings is 8. The van der Waals surface area contributed by atoms with Crippen LogP contribution < -0.4 is 38.5 Å². The first-order chi connectivity index (χ1) is 54.3. The molecule has 0 N–H and O–H groups in total. The topological polar surface area (TPSA) is 235 Å². The maximum atomic E-state index is 13.2. The van der Waals surface area contributed by atoms with E-state index < -0.39 is 44.6 Å². The number of ether oxygens (including phenoxy) is 4. The van der Waals surface area contributed by atoms with Crippen molar-refractivity contribution in [1.82, 2.24) is 19.6 Å². The summed E-state index contributed by atoms with van der Waals surface area (Å²) in [5, 5.41) is 52.8. The second-order valence-corrected chi connectivity index (χ2v) is 34.3. The maximum Gasteiger partial charge on any atom is 0.270 e. The third-order valence-electron chi connectivity index (χ3n) is 26.8. The van der Waals surface area contributed by atoms with Gasteiger partial charge in [-0.1, -0.05) is 72.8 Å². The Morgan fingerprint density at radius 3 is 0.702 bits per heavy atom. The molecular weight excluding hydrogens is 1440 g/mol. The molecule has 0 radical (unpaired) electrons. The van der Waals surface area contributed by atoms with E-state index in [0.717, 1.165) is 45.0 Å². The van der Waals surface area contributed by atoms with Crippen molar-refractivity contribution in [2.24, 2.45) is 0 Å². The summed E-state index contributed by atoms with van der Waals surface area (Å²) in [6.45, 7) is 21.6. The Labute approximate surface area is 663 Å². The van der Waals surface area contributed by atoms with Gasteiger partial charge in [-0.3, -0.25) is 60.1 Å². The van der Waals surface area contributed by atoms with Gasteiger partial charge < -0.3 is 38.5 Å². The molecule has 0 aromatic heterocycles. The Hall–Kier alpha value is -11.4. The molecule has 0 bridgehead atoms. The van der Waals surface area contributed by atoms with Crippen molar-refractivity contribution in [3.05, 3.63) is 277 Å². The van der Waals surface area contributed by atoms with Crippen LogP contribution in [0.5, 0.6) is 23.0 Å². The highest BCUT2D eigenvalue weighted by molar-refractivity contribution is 5.79. The highest BCUT2D eigenvalue weighted by atomic mass is 16.6. The van der Waals surface area contributed by atoms with Crippen LogP contribution in [0.15, 0.2) is 170 Å². The Morgan fingerprint density at radius 2 is 0.509 bits per heavy atom. The predicted octanol–water partition coefficient (Wildman–Crippen LogP) is 16.5. The van der Waals surface area contributed by atoms with Crippen molar-refractivity contribution in [2.45, 2.75) is 139 Å². The predicted molar refractivity (Wildman–Crippen MR) is 444 cm³/mol. The molecule has 1 saturated heterocycles. The van der Waals surface area contributed by atoms with Crippen molar-refractivity contribution in [3.8, 4) is 23.0 Å². The van der Waals surface area contributed by atoms with E-state index in [1.54, 1.807) is 48.5 Å². The normalized spacial score (nSPS) is 24.0. The molecule has 1 fully saturated rings. The summed E-state index contributed by atoms with van der Waals surface area (Å²) in [5.74, 6) is 2.13. The minimum atomic E-state index is -1.02. The monoisotopic (exact) mass is 1540 g/mol. The molecule has 0 saturated carbocycles. The summed E-state index contributed by atoms with van der Waals surface area (Å²) in [6, 6.07) is 45.9. The minimum Gasteiger partial charge on any atom is -0.462 e. The smallest absolute Gasteiger partial charge is 0.270 e. The summed E-state index contributed by atoms with van der Waals surface area (Å²) in [6.07, 6.45) is 17.0. The Balaban J connectivity index is 0.773. The van der Waals surface area contributed by atoms with E-state index in [1.807, 2.05) is 125 Å². The number of fused-ring (bicyclic) bond motifs is 8. The molecule has 114 heavy (non-hydrogen) atoms. The van der Waals surface area contributed by atoms with Crippen molar-refractivity contribution in [2.75, 3.05) is 100 Å². The van der Waals surface area contributed by atoms with Crippen LogP contribution in [0.25, 0.3) is 24.3 Å². The molecule has 9 aliphatic rings. The molecule has 4 spiro atoms. The molecule has 9 heterocycles. The summed E-state index contributed by atoms with van der Waals surface area (Å²) < 4.78 is 29.9. The molecule has 9 aliphatic heterocycles. The number of hydrogen-bond acceptors (Lipinski definition) is 20. The fraction of sp³-hybridized carbons (Fsp3) is 0.378. The highest BCUT2D eigenvalue weighted by Gasteiger charge is 2.62. The van der Waals surface area contributed by atoms with Gasteiger partial charge in [0.1, 0.15) is 23.0 Å². The number of anilines is 4. The first kappa shape index (κ1) is 75.3. The number of nitrogens with zero attached hydrogens (tertiary/aromatic N) is 12. The van der Waals surface area contributed by atoms with Gasteiger partial charge in [0.2, 0.25) is 22.9 Å². The summed E-state index contributed by atoms with van der Waals surface area (Å²) >= 11 is 0. The fourth-order valence-electron chi connectivity index (χ4n) is 20.3. The molecule has 8 aromatic carbocycles. The Kier molecular flexibility index (Phi) is 17.9. The van der Waals surface area contributed by atoms with E-state index >= 15 is 0 Å². The third-order valence-corrected chi connectivity index (χ3v) is 26.8. The second kappa shape index (κ2) is 27.1. The van der Waals surface area contributed by atoms with Gasteiger partial charge in [-0.05, 0) is 190 Å². The fourth-order valence-corrected chi connectivity index (χ4v) is 20.3. The first-order valence-electron chi connectivity index (χ1n) is 39.3. The zero-order valence-corrected chi connectivity index (χ0v) is 66.6. The van der Waals surface area contributed by atoms with Crippen molar-refractivity contribution in [1.29, 1.82) is 0 Å². The van der Waals surface area contributed by atoms with Crippen molar-refractivity contribution in [3.63, 3.8) is 0 Å². The summed E-state index contributed by atoms with van der Waals surface area (Å²) in [7, 11) is 8.09. The molecule has 24 nitrogen and oxygen atoms in total. The quantitative estimate of drug-likeness (QED) is 0.0816. The van der Waals surface area contributed by atoms with Gasteiger partial charge in [-0.2, -0.15) is 0 Å². The standard InChI is InChI=1S/C90H96N12O12/c1-83(2)71-23-13-17-27-75(71)91(9)87(83)35-31-59-47-67(99(103)104)51-63(79(59)111-87)55-95-39-21-40-97(57-65-53-69(101(107)108)49-61-33-37-89(113-81(61)65)85(5,6)73-25-15-19-29-77(73)93(89)11)45-46-98(58-66-54-70(102(109)110)50-62-34-38-90(114-82(62)66)86(7,8)74-26-16-20-30-78(74)94(90)12)42-22-41-96(44-43-95)56-64-52-68(100(105)106)48-60-32-36-88(112-80(60)64)84(3,4)72-24-14-18-28-76(72)92(88)10/h13-20,23-38,47-54H,21-22,39-46,55-58H2,1-12H3. The Bertz CT molecular complexity index is 4820. The molecule has 8 aromatic rings. The molecule has 4 atom stereocenters. The average molecular weight is 1540 g/mol. The van der Waals surface area contributed by atoms with Crippen LogP contribution in [0.3, 0.4) is 0 Å². The number of likely N-dealkylation sites (N-methyl/N-ethyl adjacent to an activating group) is 4. The maximum absolute atomic E-state index is 13.2. The van der Waals surface area contributed by atoms with E-state index in [1.165, 1.54) is 0 Å². The summed E-state index contributed by atoms with van der Waals surface area (Å²) in [5.41, 5.74) is 6.44. The number of rotatable bonds is 12. The van der Waals surface area contributed by atoms with Gasteiger partial charge in [-0.15, -0.1) is 0 Å². The molecule has 17 rings (SSSR count). The number of nitro benzene ring substituents is 4. The van der Waals surface area contributed by atoms with Gasteiger partial charge in [0.15, 0.2) is 0 Å². The van der Waals surface area contributed by atoms with Crippen molar-refractivity contribution >= 4 is 69.8 Å². The highest BCUT2D eigenvalue weighted by Crippen LogP contribution is 2.60. The van der Waals surface area contributed by atoms with Crippen LogP contribution in [0.2, 0.25) is 0 Å². The lowest BCUT2D eigenvalue weighted by Gasteiger charge is -2.46.